The highest BCUT2D eigenvalue weighted by Gasteiger charge is 2.66. The van der Waals surface area contributed by atoms with Crippen LogP contribution in [0.5, 0.6) is 40.2 Å². The molecule has 1 fully saturated rings. The summed E-state index contributed by atoms with van der Waals surface area (Å²) in [4.78, 5) is 45.6. The third kappa shape index (κ3) is 10.3. The molecule has 4 aliphatic rings. The fourth-order valence-electron chi connectivity index (χ4n) is 10.2. The Morgan fingerprint density at radius 3 is 2.39 bits per heavy atom. The minimum absolute atomic E-state index is 0.0162. The van der Waals surface area contributed by atoms with Crippen LogP contribution in [0, 0.1) is 27.9 Å². The van der Waals surface area contributed by atoms with Crippen molar-refractivity contribution in [2.45, 2.75) is 76.2 Å². The Bertz CT molecular complexity index is 2560. The number of methoxy groups -OCH3 is 1. The predicted molar refractivity (Wildman–Crippen MR) is 252 cm³/mol. The fraction of sp³-hybridized carbons (Fsp3) is 0.404. The maximum atomic E-state index is 15.1. The first-order valence-electron chi connectivity index (χ1n) is 23.3. The maximum Gasteiger partial charge on any atom is 0.416 e. The van der Waals surface area contributed by atoms with E-state index in [1.807, 2.05) is 25.1 Å². The molecule has 6 atom stereocenters. The van der Waals surface area contributed by atoms with Crippen molar-refractivity contribution in [3.8, 4) is 40.2 Å². The van der Waals surface area contributed by atoms with E-state index < -0.39 is 28.8 Å². The molecule has 8 rings (SSSR count). The zero-order valence-corrected chi connectivity index (χ0v) is 38.7. The molecule has 0 unspecified atom stereocenters. The molecule has 17 heteroatoms. The van der Waals surface area contributed by atoms with Gasteiger partial charge >= 0.3 is 6.09 Å². The van der Waals surface area contributed by atoms with Crippen LogP contribution in [0.15, 0.2) is 108 Å². The predicted octanol–water partition coefficient (Wildman–Crippen LogP) is 9.29. The van der Waals surface area contributed by atoms with Crippen molar-refractivity contribution in [3.05, 3.63) is 130 Å². The number of ether oxygens (including phenoxy) is 7. The molecule has 2 heterocycles. The second-order valence-corrected chi connectivity index (χ2v) is 17.2. The number of nitro benzene ring substituents is 1. The third-order valence-electron chi connectivity index (χ3n) is 13.2. The number of hydrogen-bond donors (Lipinski definition) is 2. The van der Waals surface area contributed by atoms with Crippen molar-refractivity contribution in [2.24, 2.45) is 22.9 Å². The van der Waals surface area contributed by atoms with Crippen LogP contribution in [0.3, 0.4) is 0 Å². The van der Waals surface area contributed by atoms with Gasteiger partial charge in [-0.25, -0.2) is 4.79 Å². The highest BCUT2D eigenvalue weighted by Crippen LogP contribution is 2.62. The molecule has 4 aromatic carbocycles. The zero-order chi connectivity index (χ0) is 48.5. The summed E-state index contributed by atoms with van der Waals surface area (Å²) >= 11 is 0. The van der Waals surface area contributed by atoms with Gasteiger partial charge in [0.05, 0.1) is 35.8 Å². The van der Waals surface area contributed by atoms with Gasteiger partial charge in [0.1, 0.15) is 41.4 Å². The molecule has 0 radical (unpaired) electrons. The number of rotatable bonds is 22. The Kier molecular flexibility index (Phi) is 15.5. The van der Waals surface area contributed by atoms with E-state index in [4.69, 9.17) is 43.2 Å². The highest BCUT2D eigenvalue weighted by molar-refractivity contribution is 6.03. The van der Waals surface area contributed by atoms with Crippen molar-refractivity contribution in [2.75, 3.05) is 40.3 Å². The maximum absolute atomic E-state index is 15.1. The molecule has 0 bridgehead atoms. The van der Waals surface area contributed by atoms with E-state index in [1.165, 1.54) is 31.4 Å². The lowest BCUT2D eigenvalue weighted by atomic mass is 9.55. The highest BCUT2D eigenvalue weighted by atomic mass is 16.7. The van der Waals surface area contributed by atoms with Crippen LogP contribution in [-0.4, -0.2) is 90.3 Å². The summed E-state index contributed by atoms with van der Waals surface area (Å²) in [5.41, 5.74) is 3.05. The topological polar surface area (TPSA) is 207 Å². The molecule has 2 N–H and O–H groups in total. The van der Waals surface area contributed by atoms with Crippen molar-refractivity contribution in [3.63, 3.8) is 0 Å². The van der Waals surface area contributed by atoms with Crippen LogP contribution in [-0.2, 0) is 16.1 Å². The van der Waals surface area contributed by atoms with E-state index in [0.717, 1.165) is 24.0 Å². The summed E-state index contributed by atoms with van der Waals surface area (Å²) in [6.07, 6.45) is 7.95. The van der Waals surface area contributed by atoms with Crippen LogP contribution in [0.2, 0.25) is 0 Å². The first kappa shape index (κ1) is 48.5. The number of oxime groups is 1. The smallest absolute Gasteiger partial charge is 0.416 e. The second kappa shape index (κ2) is 22.0. The summed E-state index contributed by atoms with van der Waals surface area (Å²) in [6, 6.07) is 20.2. The molecule has 0 saturated heterocycles. The Balaban J connectivity index is 1.33. The molecule has 17 nitrogen and oxygen atoms in total. The zero-order valence-electron chi connectivity index (χ0n) is 38.7. The summed E-state index contributed by atoms with van der Waals surface area (Å²) in [6.45, 7) is 6.20. The Morgan fingerprint density at radius 1 is 0.942 bits per heavy atom. The van der Waals surface area contributed by atoms with Crippen LogP contribution in [0.4, 0.5) is 10.5 Å². The molecule has 364 valence electrons. The average molecular weight is 948 g/mol. The Morgan fingerprint density at radius 2 is 1.67 bits per heavy atom. The van der Waals surface area contributed by atoms with E-state index in [0.29, 0.717) is 83.3 Å². The molecule has 1 amide bonds. The monoisotopic (exact) mass is 947 g/mol. The normalized spacial score (nSPS) is 22.3. The minimum Gasteiger partial charge on any atom is -0.496 e. The van der Waals surface area contributed by atoms with Crippen LogP contribution in [0.25, 0.3) is 0 Å². The average Bonchev–Trinajstić information content (AvgIpc) is 3.84. The van der Waals surface area contributed by atoms with Gasteiger partial charge in [0.25, 0.3) is 5.69 Å². The number of nitro groups is 1. The third-order valence-corrected chi connectivity index (χ3v) is 13.2. The standard InChI is InChI=1S/C52H57N3O14/c1-4-24-65-52-48(54(30-33-12-19-46-47(25-33)64-32-63-46)51(59)68-37-15-13-36(14-16-37)55(60)61)29-43(53-66-5-2)41-27-34(10-6-8-22-56)40(11-7-9-23-57)49(50(41)52)42-28-39(18-21-45(42)69-52)67-38-17-20-44(62-3)35(26-38)31-58/h4,12-21,25-28,31,34,40,48-50,56-57H,1,5-11,22-24,29-30,32H2,2-3H3/t34-,40+,48-,49+,50+,52+/m0/s1. The number of aliphatic hydroxyl groups is 2. The Hall–Kier alpha value is -6.95. The van der Waals surface area contributed by atoms with Crippen LogP contribution < -0.4 is 28.4 Å². The first-order valence-corrected chi connectivity index (χ1v) is 23.3. The molecular weight excluding hydrogens is 891 g/mol. The van der Waals surface area contributed by atoms with Gasteiger partial charge in [-0.3, -0.25) is 19.8 Å². The van der Waals surface area contributed by atoms with Crippen molar-refractivity contribution >= 4 is 23.8 Å². The number of aldehydes is 1. The number of amides is 1. The van der Waals surface area contributed by atoms with Gasteiger partial charge in [-0.05, 0) is 116 Å². The number of fused-ring (bicyclic) bond motifs is 3. The van der Waals surface area contributed by atoms with Gasteiger partial charge in [0.2, 0.25) is 12.6 Å². The van der Waals surface area contributed by atoms with Crippen LogP contribution in [0.1, 0.15) is 79.3 Å². The second-order valence-electron chi connectivity index (χ2n) is 17.2. The lowest BCUT2D eigenvalue weighted by Gasteiger charge is -2.59. The first-order chi connectivity index (χ1) is 33.6. The van der Waals surface area contributed by atoms with Crippen molar-refractivity contribution in [1.82, 2.24) is 4.90 Å². The molecule has 4 aromatic rings. The Labute approximate surface area is 400 Å². The number of benzene rings is 4. The number of carbonyl (C=O) groups is 2. The van der Waals surface area contributed by atoms with Gasteiger partial charge in [-0.2, -0.15) is 0 Å². The van der Waals surface area contributed by atoms with E-state index in [1.54, 1.807) is 47.4 Å². The molecule has 0 aromatic heterocycles. The number of aliphatic hydroxyl groups excluding tert-OH is 2. The summed E-state index contributed by atoms with van der Waals surface area (Å²) < 4.78 is 43.8. The quantitative estimate of drug-likeness (QED) is 0.0248. The fourth-order valence-corrected chi connectivity index (χ4v) is 10.2. The number of allylic oxidation sites excluding steroid dienone is 1. The molecule has 69 heavy (non-hydrogen) atoms. The molecule has 2 aliphatic heterocycles. The van der Waals surface area contributed by atoms with Gasteiger partial charge in [0.15, 0.2) is 17.8 Å². The van der Waals surface area contributed by atoms with Crippen LogP contribution >= 0.6 is 0 Å². The largest absolute Gasteiger partial charge is 0.496 e. The SMILES string of the molecule is C=CCO[C@@]12Oc3ccc(Oc4ccc(OC)c(C=O)c4)cc3[C@H]3[C@H](CCCCO)[C@@H](CCCCO)C=C(C(=NOCC)C[C@@H]1N(Cc1ccc4c(c1)OCO4)C(=O)Oc1ccc([N+](=O)[O-])cc1)[C@H]32. The van der Waals surface area contributed by atoms with Crippen molar-refractivity contribution < 1.29 is 62.7 Å². The summed E-state index contributed by atoms with van der Waals surface area (Å²) in [7, 11) is 1.49. The van der Waals surface area contributed by atoms with E-state index in [-0.39, 0.29) is 75.4 Å². The molecule has 2 aliphatic carbocycles. The molecule has 1 saturated carbocycles. The van der Waals surface area contributed by atoms with E-state index in [2.05, 4.69) is 12.7 Å². The number of hydrogen-bond acceptors (Lipinski definition) is 15. The van der Waals surface area contributed by atoms with Crippen molar-refractivity contribution in [1.29, 1.82) is 0 Å². The molecular formula is C52H57N3O14. The number of non-ortho nitro benzene ring substituents is 1. The van der Waals surface area contributed by atoms with E-state index >= 15 is 4.79 Å². The molecule has 0 spiro atoms. The van der Waals surface area contributed by atoms with Gasteiger partial charge < -0.3 is 48.2 Å². The lowest BCUT2D eigenvalue weighted by Crippen LogP contribution is -2.70. The summed E-state index contributed by atoms with van der Waals surface area (Å²) in [5.74, 6) is 0.134. The summed E-state index contributed by atoms with van der Waals surface area (Å²) in [5, 5.41) is 36.3. The number of carbonyl (C=O) groups excluding carboxylic acids is 2. The van der Waals surface area contributed by atoms with Gasteiger partial charge in [-0.1, -0.05) is 36.2 Å². The minimum atomic E-state index is -1.64. The lowest BCUT2D eigenvalue weighted by molar-refractivity contribution is -0.384. The van der Waals surface area contributed by atoms with Gasteiger partial charge in [0, 0.05) is 49.8 Å². The number of nitrogens with zero attached hydrogens (tertiary/aromatic N) is 3. The van der Waals surface area contributed by atoms with E-state index in [9.17, 15) is 25.1 Å². The van der Waals surface area contributed by atoms with Gasteiger partial charge in [-0.15, -0.1) is 6.58 Å². The number of unbranched alkanes of at least 4 members (excludes halogenated alkanes) is 2.